The third-order valence-corrected chi connectivity index (χ3v) is 9.45. The van der Waals surface area contributed by atoms with Gasteiger partial charge in [-0.05, 0) is 47.7 Å². The normalized spacial score (nSPS) is 16.0. The van der Waals surface area contributed by atoms with Crippen molar-refractivity contribution < 1.29 is 27.9 Å². The highest BCUT2D eigenvalue weighted by molar-refractivity contribution is 7.93. The molecule has 0 bridgehead atoms. The van der Waals surface area contributed by atoms with Crippen LogP contribution in [0.1, 0.15) is 36.8 Å². The van der Waals surface area contributed by atoms with E-state index in [-0.39, 0.29) is 17.2 Å². The number of amides is 2. The minimum Gasteiger partial charge on any atom is -0.481 e. The molecule has 1 saturated heterocycles. The largest absolute Gasteiger partial charge is 0.481 e. The molecule has 3 aromatic rings. The molecule has 3 aromatic carbocycles. The Bertz CT molecular complexity index is 1580. The second-order valence-electron chi connectivity index (χ2n) is 10.2. The van der Waals surface area contributed by atoms with E-state index in [1.807, 2.05) is 0 Å². The molecule has 1 aliphatic heterocycles. The van der Waals surface area contributed by atoms with Gasteiger partial charge in [0.2, 0.25) is 20.6 Å². The van der Waals surface area contributed by atoms with E-state index in [4.69, 9.17) is 16.9 Å². The number of nitrogens with one attached hydrogen (secondary N) is 2. The number of hydrogen-bond donors (Lipinski definition) is 5. The number of likely N-dealkylation sites (tertiary alicyclic amines) is 1. The molecule has 0 unspecified atom stereocenters. The minimum atomic E-state index is -4.75. The average Bonchev–Trinajstić information content (AvgIpc) is 2.96. The van der Waals surface area contributed by atoms with E-state index in [0.29, 0.717) is 29.6 Å². The van der Waals surface area contributed by atoms with E-state index >= 15 is 0 Å². The van der Waals surface area contributed by atoms with E-state index in [0.717, 1.165) is 24.6 Å². The highest BCUT2D eigenvalue weighted by Gasteiger charge is 2.51. The van der Waals surface area contributed by atoms with E-state index < -0.39 is 45.0 Å². The van der Waals surface area contributed by atoms with Crippen LogP contribution < -0.4 is 16.8 Å². The number of nitrogens with zero attached hydrogens (tertiary/aromatic N) is 1. The van der Waals surface area contributed by atoms with Gasteiger partial charge in [0.1, 0.15) is 11.9 Å². The number of sulfone groups is 1. The summed E-state index contributed by atoms with van der Waals surface area (Å²) in [7, 11) is -4.75. The lowest BCUT2D eigenvalue weighted by atomic mass is 10.0. The third-order valence-electron chi connectivity index (χ3n) is 7.28. The molecule has 11 nitrogen and oxygen atoms in total. The van der Waals surface area contributed by atoms with Gasteiger partial charge in [0, 0.05) is 25.1 Å². The van der Waals surface area contributed by atoms with Crippen molar-refractivity contribution in [3.63, 3.8) is 0 Å². The molecule has 2 atom stereocenters. The van der Waals surface area contributed by atoms with Crippen molar-refractivity contribution in [1.29, 1.82) is 5.41 Å². The predicted molar refractivity (Wildman–Crippen MR) is 154 cm³/mol. The van der Waals surface area contributed by atoms with Gasteiger partial charge in [0.15, 0.2) is 0 Å². The Kier molecular flexibility index (Phi) is 8.74. The van der Waals surface area contributed by atoms with Gasteiger partial charge in [0.25, 0.3) is 5.91 Å². The predicted octanol–water partition coefficient (Wildman–Crippen LogP) is 1.77. The molecule has 0 radical (unpaired) electrons. The quantitative estimate of drug-likeness (QED) is 0.177. The van der Waals surface area contributed by atoms with Crippen molar-refractivity contribution in [3.05, 3.63) is 77.9 Å². The van der Waals surface area contributed by atoms with Crippen LogP contribution in [0.5, 0.6) is 0 Å². The van der Waals surface area contributed by atoms with Crippen LogP contribution >= 0.6 is 0 Å². The van der Waals surface area contributed by atoms with Crippen LogP contribution in [-0.4, -0.2) is 66.0 Å². The van der Waals surface area contributed by atoms with Gasteiger partial charge < -0.3 is 26.8 Å². The molecule has 41 heavy (non-hydrogen) atoms. The summed E-state index contributed by atoms with van der Waals surface area (Å²) in [5.41, 5.74) is 12.8. The van der Waals surface area contributed by atoms with E-state index in [1.165, 1.54) is 12.1 Å². The zero-order valence-corrected chi connectivity index (χ0v) is 23.2. The number of rotatable bonds is 10. The topological polar surface area (TPSA) is 197 Å². The molecule has 0 aromatic heterocycles. The SMILES string of the molecule is N=C(N)c1ccc(C[C@H](NC(=O)[C@@](N)(CC(=O)O)S(=O)(=O)c2ccc3ccccc3c2)C(=O)N2CCCCC2)cc1. The number of carboxylic acids is 1. The number of fused-ring (bicyclic) bond motifs is 1. The lowest BCUT2D eigenvalue weighted by Gasteiger charge is -2.33. The monoisotopic (exact) mass is 579 g/mol. The average molecular weight is 580 g/mol. The van der Waals surface area contributed by atoms with Gasteiger partial charge >= 0.3 is 5.97 Å². The van der Waals surface area contributed by atoms with Crippen LogP contribution in [0.15, 0.2) is 71.6 Å². The molecule has 4 rings (SSSR count). The van der Waals surface area contributed by atoms with Crippen molar-refractivity contribution in [2.45, 2.75) is 47.9 Å². The minimum absolute atomic E-state index is 0.0154. The molecular formula is C29H33N5O6S. The van der Waals surface area contributed by atoms with Crippen molar-refractivity contribution in [2.75, 3.05) is 13.1 Å². The number of carbonyl (C=O) groups excluding carboxylic acids is 2. The maximum Gasteiger partial charge on any atom is 0.306 e. The van der Waals surface area contributed by atoms with Crippen LogP contribution in [0.4, 0.5) is 0 Å². The van der Waals surface area contributed by atoms with Crippen LogP contribution in [0.25, 0.3) is 10.8 Å². The Balaban J connectivity index is 1.69. The fourth-order valence-corrected chi connectivity index (χ4v) is 6.50. The zero-order valence-electron chi connectivity index (χ0n) is 22.4. The Morgan fingerprint density at radius 1 is 0.976 bits per heavy atom. The Hall–Kier alpha value is -4.29. The van der Waals surface area contributed by atoms with Crippen LogP contribution in [-0.2, 0) is 30.6 Å². The molecule has 1 aliphatic rings. The molecule has 1 fully saturated rings. The highest BCUT2D eigenvalue weighted by atomic mass is 32.2. The number of carboxylic acid groups (broad SMARTS) is 1. The fraction of sp³-hybridized carbons (Fsp3) is 0.310. The first-order valence-electron chi connectivity index (χ1n) is 13.2. The van der Waals surface area contributed by atoms with E-state index in [9.17, 15) is 27.9 Å². The Labute approximate surface area is 237 Å². The molecule has 7 N–H and O–H groups in total. The number of nitrogen functional groups attached to an aromatic ring is 1. The van der Waals surface area contributed by atoms with E-state index in [2.05, 4.69) is 5.32 Å². The molecule has 2 amide bonds. The number of benzene rings is 3. The van der Waals surface area contributed by atoms with Crippen molar-refractivity contribution in [1.82, 2.24) is 10.2 Å². The summed E-state index contributed by atoms with van der Waals surface area (Å²) in [5.74, 6) is -3.43. The van der Waals surface area contributed by atoms with E-state index in [1.54, 1.807) is 59.5 Å². The fourth-order valence-electron chi connectivity index (χ4n) is 4.94. The van der Waals surface area contributed by atoms with Crippen LogP contribution in [0.3, 0.4) is 0 Å². The molecule has 0 saturated carbocycles. The second-order valence-corrected chi connectivity index (χ2v) is 12.4. The lowest BCUT2D eigenvalue weighted by Crippen LogP contribution is -2.63. The third kappa shape index (κ3) is 6.39. The van der Waals surface area contributed by atoms with Gasteiger partial charge in [0.05, 0.1) is 11.3 Å². The number of amidine groups is 1. The summed E-state index contributed by atoms with van der Waals surface area (Å²) in [6.45, 7) is 0.958. The van der Waals surface area contributed by atoms with Gasteiger partial charge in [-0.2, -0.15) is 0 Å². The van der Waals surface area contributed by atoms with Crippen molar-refractivity contribution in [2.24, 2.45) is 11.5 Å². The summed E-state index contributed by atoms with van der Waals surface area (Å²) in [4.78, 5) is 37.5. The zero-order chi connectivity index (χ0) is 29.8. The summed E-state index contributed by atoms with van der Waals surface area (Å²) in [6.07, 6.45) is 1.30. The standard InChI is InChI=1S/C29H33N5O6S/c30-26(31)21-10-8-19(9-11-21)16-24(27(37)34-14-4-1-5-15-34)33-28(38)29(32,18-25(35)36)41(39,40)23-13-12-20-6-2-3-7-22(20)17-23/h2-3,6-13,17,24H,1,4-5,14-16,18,32H2,(H3,30,31)(H,33,38)(H,35,36)/t24-,29+/m0/s1. The first-order valence-corrected chi connectivity index (χ1v) is 14.7. The molecule has 12 heteroatoms. The van der Waals surface area contributed by atoms with Crippen LogP contribution in [0, 0.1) is 5.41 Å². The van der Waals surface area contributed by atoms with Gasteiger partial charge in [-0.25, -0.2) is 8.42 Å². The van der Waals surface area contributed by atoms with Gasteiger partial charge in [-0.3, -0.25) is 19.8 Å². The summed E-state index contributed by atoms with van der Waals surface area (Å²) < 4.78 is 27.6. The summed E-state index contributed by atoms with van der Waals surface area (Å²) >= 11 is 0. The maximum absolute atomic E-state index is 13.8. The summed E-state index contributed by atoms with van der Waals surface area (Å²) in [6, 6.07) is 16.4. The highest BCUT2D eigenvalue weighted by Crippen LogP contribution is 2.28. The number of piperidine rings is 1. The molecule has 1 heterocycles. The van der Waals surface area contributed by atoms with Crippen LogP contribution in [0.2, 0.25) is 0 Å². The smallest absolute Gasteiger partial charge is 0.306 e. The van der Waals surface area contributed by atoms with Gasteiger partial charge in [-0.1, -0.05) is 54.6 Å². The number of aliphatic carboxylic acids is 1. The summed E-state index contributed by atoms with van der Waals surface area (Å²) in [5, 5.41) is 21.0. The molecule has 0 spiro atoms. The molecule has 0 aliphatic carbocycles. The Morgan fingerprint density at radius 3 is 2.22 bits per heavy atom. The maximum atomic E-state index is 13.8. The van der Waals surface area contributed by atoms with Crippen molar-refractivity contribution >= 4 is 44.2 Å². The molecule has 216 valence electrons. The van der Waals surface area contributed by atoms with Gasteiger partial charge in [-0.15, -0.1) is 0 Å². The number of hydrogen-bond acceptors (Lipinski definition) is 7. The second kappa shape index (κ2) is 12.1. The molecular weight excluding hydrogens is 546 g/mol. The first kappa shape index (κ1) is 29.7. The van der Waals surface area contributed by atoms with Crippen molar-refractivity contribution in [3.8, 4) is 0 Å². The number of carbonyl (C=O) groups is 3. The first-order chi connectivity index (χ1) is 19.4. The lowest BCUT2D eigenvalue weighted by molar-refractivity contribution is -0.141. The Morgan fingerprint density at radius 2 is 1.61 bits per heavy atom. The number of nitrogens with two attached hydrogens (primary N) is 2.